The number of aliphatic hydroxyl groups excluding tert-OH is 2. The standard InChI is InChI=1S/C20H21NO5/c1-20(2)19(24)18(23)15-13(26-20)9-12(25-4)14-16(15)21(3)11-8-6-5-7-10(11)17(14)22/h5-9,18-19,23-24H,1-4H3/t18-,19-/m1/s1. The van der Waals surface area contributed by atoms with E-state index in [4.69, 9.17) is 9.47 Å². The quantitative estimate of drug-likeness (QED) is 0.655. The summed E-state index contributed by atoms with van der Waals surface area (Å²) < 4.78 is 13.3. The highest BCUT2D eigenvalue weighted by Crippen LogP contribution is 2.46. The molecule has 0 fully saturated rings. The van der Waals surface area contributed by atoms with E-state index in [1.165, 1.54) is 7.11 Å². The fourth-order valence-corrected chi connectivity index (χ4v) is 3.83. The molecule has 0 bridgehead atoms. The van der Waals surface area contributed by atoms with Gasteiger partial charge in [0.1, 0.15) is 29.3 Å². The van der Waals surface area contributed by atoms with Gasteiger partial charge < -0.3 is 24.3 Å². The maximum atomic E-state index is 13.1. The monoisotopic (exact) mass is 355 g/mol. The van der Waals surface area contributed by atoms with E-state index in [-0.39, 0.29) is 5.43 Å². The molecule has 1 aliphatic rings. The second kappa shape index (κ2) is 5.46. The molecule has 2 atom stereocenters. The number of aryl methyl sites for hydroxylation is 1. The lowest BCUT2D eigenvalue weighted by molar-refractivity contribution is -0.111. The summed E-state index contributed by atoms with van der Waals surface area (Å²) in [5, 5.41) is 22.3. The summed E-state index contributed by atoms with van der Waals surface area (Å²) in [6, 6.07) is 8.89. The molecular formula is C20H21NO5. The zero-order valence-corrected chi connectivity index (χ0v) is 15.1. The fourth-order valence-electron chi connectivity index (χ4n) is 3.83. The van der Waals surface area contributed by atoms with Crippen LogP contribution >= 0.6 is 0 Å². The van der Waals surface area contributed by atoms with Gasteiger partial charge in [0.25, 0.3) is 0 Å². The second-order valence-electron chi connectivity index (χ2n) is 7.21. The van der Waals surface area contributed by atoms with Gasteiger partial charge in [-0.2, -0.15) is 0 Å². The minimum absolute atomic E-state index is 0.181. The van der Waals surface area contributed by atoms with Gasteiger partial charge in [0.15, 0.2) is 0 Å². The Labute approximate surface area is 150 Å². The summed E-state index contributed by atoms with van der Waals surface area (Å²) in [5.41, 5.74) is 0.482. The summed E-state index contributed by atoms with van der Waals surface area (Å²) in [4.78, 5) is 13.1. The van der Waals surface area contributed by atoms with Crippen molar-refractivity contribution in [1.29, 1.82) is 0 Å². The minimum Gasteiger partial charge on any atom is -0.496 e. The molecule has 26 heavy (non-hydrogen) atoms. The molecule has 0 spiro atoms. The van der Waals surface area contributed by atoms with Crippen LogP contribution in [-0.2, 0) is 7.05 Å². The zero-order valence-electron chi connectivity index (χ0n) is 15.1. The lowest BCUT2D eigenvalue weighted by Gasteiger charge is -2.40. The van der Waals surface area contributed by atoms with Gasteiger partial charge >= 0.3 is 0 Å². The van der Waals surface area contributed by atoms with Crippen LogP contribution in [0, 0.1) is 0 Å². The molecule has 1 aliphatic heterocycles. The van der Waals surface area contributed by atoms with Gasteiger partial charge in [-0.15, -0.1) is 0 Å². The average molecular weight is 355 g/mol. The van der Waals surface area contributed by atoms with E-state index in [0.29, 0.717) is 33.4 Å². The summed E-state index contributed by atoms with van der Waals surface area (Å²) in [6.45, 7) is 3.42. The second-order valence-corrected chi connectivity index (χ2v) is 7.21. The van der Waals surface area contributed by atoms with Crippen LogP contribution in [0.2, 0.25) is 0 Å². The topological polar surface area (TPSA) is 80.9 Å². The van der Waals surface area contributed by atoms with E-state index in [9.17, 15) is 15.0 Å². The smallest absolute Gasteiger partial charge is 0.200 e. The molecule has 4 rings (SSSR count). The van der Waals surface area contributed by atoms with Crippen molar-refractivity contribution in [3.05, 3.63) is 46.1 Å². The number of hydrogen-bond acceptors (Lipinski definition) is 5. The molecule has 2 aromatic carbocycles. The molecule has 136 valence electrons. The normalized spacial score (nSPS) is 21.5. The van der Waals surface area contributed by atoms with Crippen LogP contribution in [0.1, 0.15) is 25.5 Å². The summed E-state index contributed by atoms with van der Waals surface area (Å²) in [7, 11) is 3.32. The fraction of sp³-hybridized carbons (Fsp3) is 0.350. The highest BCUT2D eigenvalue weighted by Gasteiger charge is 2.44. The zero-order chi connectivity index (χ0) is 18.8. The number of ether oxygens (including phenoxy) is 2. The molecule has 0 aliphatic carbocycles. The van der Waals surface area contributed by atoms with Crippen LogP contribution in [0.4, 0.5) is 0 Å². The van der Waals surface area contributed by atoms with E-state index in [1.54, 1.807) is 26.0 Å². The lowest BCUT2D eigenvalue weighted by Crippen LogP contribution is -2.49. The van der Waals surface area contributed by atoms with E-state index in [1.807, 2.05) is 29.8 Å². The number of nitrogens with zero attached hydrogens (tertiary/aromatic N) is 1. The highest BCUT2D eigenvalue weighted by molar-refractivity contribution is 5.99. The summed E-state index contributed by atoms with van der Waals surface area (Å²) in [6.07, 6.45) is -2.32. The van der Waals surface area contributed by atoms with E-state index in [2.05, 4.69) is 0 Å². The number of aliphatic hydroxyl groups is 2. The van der Waals surface area contributed by atoms with Gasteiger partial charge in [-0.1, -0.05) is 12.1 Å². The summed E-state index contributed by atoms with van der Waals surface area (Å²) >= 11 is 0. The van der Waals surface area contributed by atoms with Crippen LogP contribution < -0.4 is 14.9 Å². The maximum absolute atomic E-state index is 13.1. The number of fused-ring (bicyclic) bond motifs is 4. The first kappa shape index (κ1) is 16.9. The first-order valence-electron chi connectivity index (χ1n) is 8.45. The number of pyridine rings is 1. The Morgan fingerprint density at radius 2 is 1.92 bits per heavy atom. The first-order chi connectivity index (χ1) is 12.3. The van der Waals surface area contributed by atoms with Gasteiger partial charge in [-0.3, -0.25) is 4.79 Å². The van der Waals surface area contributed by atoms with Gasteiger partial charge in [-0.05, 0) is 26.0 Å². The Balaban J connectivity index is 2.25. The number of aromatic nitrogens is 1. The third kappa shape index (κ3) is 2.09. The molecule has 6 heteroatoms. The number of rotatable bonds is 1. The number of hydrogen-bond donors (Lipinski definition) is 2. The molecule has 3 aromatic rings. The molecule has 6 nitrogen and oxygen atoms in total. The van der Waals surface area contributed by atoms with Gasteiger partial charge in [0.05, 0.1) is 29.1 Å². The van der Waals surface area contributed by atoms with Crippen molar-refractivity contribution in [2.45, 2.75) is 31.7 Å². The van der Waals surface area contributed by atoms with Crippen molar-refractivity contribution < 1.29 is 19.7 Å². The van der Waals surface area contributed by atoms with Gasteiger partial charge in [0.2, 0.25) is 5.43 Å². The van der Waals surface area contributed by atoms with Crippen LogP contribution in [0.15, 0.2) is 35.1 Å². The predicted molar refractivity (Wildman–Crippen MR) is 98.9 cm³/mol. The van der Waals surface area contributed by atoms with Crippen LogP contribution in [-0.4, -0.2) is 33.6 Å². The third-order valence-electron chi connectivity index (χ3n) is 5.24. The van der Waals surface area contributed by atoms with Crippen molar-refractivity contribution in [1.82, 2.24) is 4.57 Å². The Kier molecular flexibility index (Phi) is 3.54. The molecule has 2 heterocycles. The van der Waals surface area contributed by atoms with Crippen LogP contribution in [0.25, 0.3) is 21.8 Å². The first-order valence-corrected chi connectivity index (χ1v) is 8.45. The van der Waals surface area contributed by atoms with Crippen molar-refractivity contribution in [3.63, 3.8) is 0 Å². The minimum atomic E-state index is -1.19. The molecule has 0 saturated carbocycles. The molecule has 0 radical (unpaired) electrons. The van der Waals surface area contributed by atoms with Crippen LogP contribution in [0.3, 0.4) is 0 Å². The van der Waals surface area contributed by atoms with Crippen molar-refractivity contribution in [2.75, 3.05) is 7.11 Å². The molecule has 0 saturated heterocycles. The molecule has 0 amide bonds. The van der Waals surface area contributed by atoms with Crippen molar-refractivity contribution in [3.8, 4) is 11.5 Å². The predicted octanol–water partition coefficient (Wildman–Crippen LogP) is 2.27. The van der Waals surface area contributed by atoms with E-state index >= 15 is 0 Å². The van der Waals surface area contributed by atoms with E-state index in [0.717, 1.165) is 5.52 Å². The Morgan fingerprint density at radius 1 is 1.23 bits per heavy atom. The Hall–Kier alpha value is -2.57. The van der Waals surface area contributed by atoms with Crippen molar-refractivity contribution >= 4 is 21.8 Å². The van der Waals surface area contributed by atoms with E-state index < -0.39 is 17.8 Å². The van der Waals surface area contributed by atoms with Gasteiger partial charge in [0, 0.05) is 18.5 Å². The SMILES string of the molecule is COc1cc2c(c3c1c(=O)c1ccccc1n3C)[C@@H](O)[C@@H](O)C(C)(C)O2. The van der Waals surface area contributed by atoms with Crippen LogP contribution in [0.5, 0.6) is 11.5 Å². The largest absolute Gasteiger partial charge is 0.496 e. The molecule has 0 unspecified atom stereocenters. The average Bonchev–Trinajstić information content (AvgIpc) is 2.62. The molecule has 1 aromatic heterocycles. The molecular weight excluding hydrogens is 334 g/mol. The van der Waals surface area contributed by atoms with Crippen molar-refractivity contribution in [2.24, 2.45) is 7.05 Å². The van der Waals surface area contributed by atoms with Gasteiger partial charge in [-0.25, -0.2) is 0 Å². The number of para-hydroxylation sites is 1. The third-order valence-corrected chi connectivity index (χ3v) is 5.24. The number of methoxy groups -OCH3 is 1. The molecule has 2 N–H and O–H groups in total. The highest BCUT2D eigenvalue weighted by atomic mass is 16.5. The summed E-state index contributed by atoms with van der Waals surface area (Å²) in [5.74, 6) is 0.784. The number of benzene rings is 2. The lowest BCUT2D eigenvalue weighted by atomic mass is 9.87. The Morgan fingerprint density at radius 3 is 2.62 bits per heavy atom. The maximum Gasteiger partial charge on any atom is 0.200 e. The Bertz CT molecular complexity index is 1100.